The van der Waals surface area contributed by atoms with Crippen LogP contribution in [0.5, 0.6) is 0 Å². The van der Waals surface area contributed by atoms with Gasteiger partial charge in [-0.2, -0.15) is 0 Å². The SMILES string of the molecule is CC(CN(C)C)OC(=O)c1cc([N+](=O)[O-])cc([N+](=O)[O-])c1. The molecular formula is C12H15N3O6. The first kappa shape index (κ1) is 16.5. The lowest BCUT2D eigenvalue weighted by Gasteiger charge is -2.17. The molecule has 0 spiro atoms. The highest BCUT2D eigenvalue weighted by molar-refractivity contribution is 5.91. The van der Waals surface area contributed by atoms with Crippen molar-refractivity contribution < 1.29 is 19.4 Å². The van der Waals surface area contributed by atoms with Crippen molar-refractivity contribution in [3.8, 4) is 0 Å². The van der Waals surface area contributed by atoms with Gasteiger partial charge in [0, 0.05) is 18.7 Å². The number of esters is 1. The molecular weight excluding hydrogens is 282 g/mol. The fourth-order valence-electron chi connectivity index (χ4n) is 1.73. The zero-order valence-electron chi connectivity index (χ0n) is 11.8. The van der Waals surface area contributed by atoms with Gasteiger partial charge in [-0.15, -0.1) is 0 Å². The number of rotatable bonds is 6. The van der Waals surface area contributed by atoms with E-state index in [0.29, 0.717) is 6.54 Å². The number of ether oxygens (including phenoxy) is 1. The maximum atomic E-state index is 11.9. The minimum atomic E-state index is -0.837. The Labute approximate surface area is 120 Å². The highest BCUT2D eigenvalue weighted by Gasteiger charge is 2.21. The number of hydrogen-bond acceptors (Lipinski definition) is 7. The molecule has 0 N–H and O–H groups in total. The van der Waals surface area contributed by atoms with Gasteiger partial charge in [0.1, 0.15) is 6.10 Å². The van der Waals surface area contributed by atoms with Crippen molar-refractivity contribution in [3.05, 3.63) is 44.0 Å². The van der Waals surface area contributed by atoms with Crippen LogP contribution in [-0.2, 0) is 4.74 Å². The van der Waals surface area contributed by atoms with E-state index in [0.717, 1.165) is 18.2 Å². The number of benzene rings is 1. The van der Waals surface area contributed by atoms with Crippen molar-refractivity contribution in [3.63, 3.8) is 0 Å². The Kier molecular flexibility index (Phi) is 5.30. The predicted octanol–water partition coefficient (Wildman–Crippen LogP) is 1.61. The average molecular weight is 297 g/mol. The molecule has 0 aliphatic heterocycles. The average Bonchev–Trinajstić information content (AvgIpc) is 2.36. The first-order valence-electron chi connectivity index (χ1n) is 6.00. The summed E-state index contributed by atoms with van der Waals surface area (Å²) in [6.45, 7) is 2.12. The number of carbonyl (C=O) groups is 1. The first-order chi connectivity index (χ1) is 9.70. The van der Waals surface area contributed by atoms with Crippen LogP contribution >= 0.6 is 0 Å². The summed E-state index contributed by atoms with van der Waals surface area (Å²) < 4.78 is 5.09. The van der Waals surface area contributed by atoms with Crippen molar-refractivity contribution in [2.24, 2.45) is 0 Å². The summed E-state index contributed by atoms with van der Waals surface area (Å²) in [6, 6.07) is 2.70. The number of nitrogens with zero attached hydrogens (tertiary/aromatic N) is 3. The Bertz CT molecular complexity index is 540. The van der Waals surface area contributed by atoms with Crippen LogP contribution in [0.1, 0.15) is 17.3 Å². The molecule has 1 aromatic carbocycles. The van der Waals surface area contributed by atoms with Gasteiger partial charge < -0.3 is 9.64 Å². The Morgan fingerprint density at radius 3 is 2.05 bits per heavy atom. The highest BCUT2D eigenvalue weighted by Crippen LogP contribution is 2.23. The predicted molar refractivity (Wildman–Crippen MR) is 73.2 cm³/mol. The van der Waals surface area contributed by atoms with Crippen molar-refractivity contribution in [2.45, 2.75) is 13.0 Å². The molecule has 21 heavy (non-hydrogen) atoms. The first-order valence-corrected chi connectivity index (χ1v) is 6.00. The van der Waals surface area contributed by atoms with Gasteiger partial charge in [0.15, 0.2) is 0 Å². The molecule has 1 rings (SSSR count). The molecule has 0 aliphatic carbocycles. The number of carbonyl (C=O) groups excluding carboxylic acids is 1. The molecule has 0 heterocycles. The second kappa shape index (κ2) is 6.75. The van der Waals surface area contributed by atoms with E-state index in [2.05, 4.69) is 0 Å². The van der Waals surface area contributed by atoms with E-state index in [9.17, 15) is 25.0 Å². The zero-order valence-corrected chi connectivity index (χ0v) is 11.8. The van der Waals surface area contributed by atoms with E-state index < -0.39 is 33.3 Å². The molecule has 0 bridgehead atoms. The Hall–Kier alpha value is -2.55. The fourth-order valence-corrected chi connectivity index (χ4v) is 1.73. The van der Waals surface area contributed by atoms with E-state index in [1.54, 1.807) is 25.9 Å². The second-order valence-electron chi connectivity index (χ2n) is 4.73. The van der Waals surface area contributed by atoms with Crippen molar-refractivity contribution >= 4 is 17.3 Å². The minimum Gasteiger partial charge on any atom is -0.458 e. The van der Waals surface area contributed by atoms with Gasteiger partial charge in [-0.05, 0) is 21.0 Å². The number of nitro benzene ring substituents is 2. The molecule has 0 amide bonds. The number of hydrogen-bond donors (Lipinski definition) is 0. The van der Waals surface area contributed by atoms with Gasteiger partial charge in [-0.1, -0.05) is 0 Å². The van der Waals surface area contributed by atoms with Gasteiger partial charge in [-0.3, -0.25) is 20.2 Å². The standard InChI is InChI=1S/C12H15N3O6/c1-8(7-13(2)3)21-12(16)9-4-10(14(17)18)6-11(5-9)15(19)20/h4-6,8H,7H2,1-3H3. The van der Waals surface area contributed by atoms with E-state index in [4.69, 9.17) is 4.74 Å². The van der Waals surface area contributed by atoms with Crippen LogP contribution in [0.2, 0.25) is 0 Å². The number of likely N-dealkylation sites (N-methyl/N-ethyl adjacent to an activating group) is 1. The summed E-state index contributed by atoms with van der Waals surface area (Å²) in [5.74, 6) is -0.837. The fraction of sp³-hybridized carbons (Fsp3) is 0.417. The zero-order chi connectivity index (χ0) is 16.2. The van der Waals surface area contributed by atoms with Gasteiger partial charge in [0.25, 0.3) is 11.4 Å². The van der Waals surface area contributed by atoms with Gasteiger partial charge in [-0.25, -0.2) is 4.79 Å². The summed E-state index contributed by atoms with van der Waals surface area (Å²) in [5.41, 5.74) is -1.28. The summed E-state index contributed by atoms with van der Waals surface area (Å²) in [5, 5.41) is 21.5. The molecule has 9 heteroatoms. The molecule has 1 unspecified atom stereocenters. The third-order valence-electron chi connectivity index (χ3n) is 2.49. The number of non-ortho nitro benzene ring substituents is 2. The highest BCUT2D eigenvalue weighted by atomic mass is 16.6. The van der Waals surface area contributed by atoms with Crippen molar-refractivity contribution in [1.29, 1.82) is 0 Å². The van der Waals surface area contributed by atoms with Crippen LogP contribution in [0, 0.1) is 20.2 Å². The minimum absolute atomic E-state index is 0.221. The number of nitro groups is 2. The molecule has 114 valence electrons. The van der Waals surface area contributed by atoms with Crippen molar-refractivity contribution in [1.82, 2.24) is 4.90 Å². The van der Waals surface area contributed by atoms with Crippen LogP contribution in [0.25, 0.3) is 0 Å². The lowest BCUT2D eigenvalue weighted by Crippen LogP contribution is -2.28. The summed E-state index contributed by atoms with van der Waals surface area (Å²) in [7, 11) is 3.59. The Morgan fingerprint density at radius 1 is 1.19 bits per heavy atom. The molecule has 0 saturated heterocycles. The van der Waals surface area contributed by atoms with Crippen LogP contribution in [-0.4, -0.2) is 47.5 Å². The molecule has 0 fully saturated rings. The molecule has 1 atom stereocenters. The molecule has 1 aromatic rings. The molecule has 0 saturated carbocycles. The monoisotopic (exact) mass is 297 g/mol. The van der Waals surface area contributed by atoms with Crippen LogP contribution in [0.4, 0.5) is 11.4 Å². The Morgan fingerprint density at radius 2 is 1.67 bits per heavy atom. The van der Waals surface area contributed by atoms with Gasteiger partial charge in [0.05, 0.1) is 21.5 Å². The van der Waals surface area contributed by atoms with Crippen LogP contribution in [0.15, 0.2) is 18.2 Å². The maximum absolute atomic E-state index is 11.9. The topological polar surface area (TPSA) is 116 Å². The Balaban J connectivity index is 3.03. The van der Waals surface area contributed by atoms with Gasteiger partial charge in [0.2, 0.25) is 0 Å². The van der Waals surface area contributed by atoms with Crippen molar-refractivity contribution in [2.75, 3.05) is 20.6 Å². The summed E-state index contributed by atoms with van der Waals surface area (Å²) in [6.07, 6.45) is -0.453. The van der Waals surface area contributed by atoms with E-state index in [-0.39, 0.29) is 5.56 Å². The quantitative estimate of drug-likeness (QED) is 0.445. The molecule has 0 radical (unpaired) electrons. The molecule has 0 aliphatic rings. The normalized spacial score (nSPS) is 12.0. The summed E-state index contributed by atoms with van der Waals surface area (Å²) >= 11 is 0. The van der Waals surface area contributed by atoms with Crippen LogP contribution in [0.3, 0.4) is 0 Å². The van der Waals surface area contributed by atoms with E-state index in [1.165, 1.54) is 0 Å². The second-order valence-corrected chi connectivity index (χ2v) is 4.73. The lowest BCUT2D eigenvalue weighted by molar-refractivity contribution is -0.394. The summed E-state index contributed by atoms with van der Waals surface area (Å²) in [4.78, 5) is 33.6. The maximum Gasteiger partial charge on any atom is 0.338 e. The van der Waals surface area contributed by atoms with E-state index >= 15 is 0 Å². The van der Waals surface area contributed by atoms with Crippen LogP contribution < -0.4 is 0 Å². The third-order valence-corrected chi connectivity index (χ3v) is 2.49. The molecule has 0 aromatic heterocycles. The third kappa shape index (κ3) is 4.80. The largest absolute Gasteiger partial charge is 0.458 e. The van der Waals surface area contributed by atoms with E-state index in [1.807, 2.05) is 0 Å². The smallest absolute Gasteiger partial charge is 0.338 e. The van der Waals surface area contributed by atoms with Gasteiger partial charge >= 0.3 is 5.97 Å². The lowest BCUT2D eigenvalue weighted by atomic mass is 10.1. The molecule has 9 nitrogen and oxygen atoms in total.